The van der Waals surface area contributed by atoms with E-state index in [2.05, 4.69) is 6.58 Å². The number of anilines is 1. The molecule has 2 rings (SSSR count). The van der Waals surface area contributed by atoms with Crippen LogP contribution in [0.2, 0.25) is 0 Å². The van der Waals surface area contributed by atoms with Crippen molar-refractivity contribution in [2.24, 2.45) is 0 Å². The highest BCUT2D eigenvalue weighted by Gasteiger charge is 2.25. The number of hydrogen-bond acceptors (Lipinski definition) is 4. The molecule has 0 heterocycles. The molecule has 0 aromatic heterocycles. The van der Waals surface area contributed by atoms with Gasteiger partial charge in [-0.05, 0) is 49.2 Å². The summed E-state index contributed by atoms with van der Waals surface area (Å²) in [5.41, 5.74) is 2.26. The Labute approximate surface area is 141 Å². The second-order valence-electron chi connectivity index (χ2n) is 5.42. The summed E-state index contributed by atoms with van der Waals surface area (Å²) in [6.45, 7) is 7.50. The normalized spacial score (nSPS) is 11.1. The molecule has 2 aromatic rings. The van der Waals surface area contributed by atoms with Gasteiger partial charge in [0.25, 0.3) is 15.7 Å². The van der Waals surface area contributed by atoms with E-state index in [1.165, 1.54) is 34.6 Å². The first-order chi connectivity index (χ1) is 11.3. The zero-order valence-corrected chi connectivity index (χ0v) is 14.3. The summed E-state index contributed by atoms with van der Waals surface area (Å²) in [6, 6.07) is 10.4. The fourth-order valence-corrected chi connectivity index (χ4v) is 3.84. The van der Waals surface area contributed by atoms with Gasteiger partial charge in [0, 0.05) is 12.1 Å². The second kappa shape index (κ2) is 6.84. The standard InChI is InChI=1S/C17H18N2O4S/c1-4-9-18(16-11-13(2)10-14(3)12-16)24(22,23)17-7-5-15(6-8-17)19(20)21/h4-8,10-12H,1,9H2,2-3H3. The Morgan fingerprint density at radius 2 is 1.67 bits per heavy atom. The summed E-state index contributed by atoms with van der Waals surface area (Å²) in [5, 5.41) is 10.7. The lowest BCUT2D eigenvalue weighted by Crippen LogP contribution is -2.31. The maximum atomic E-state index is 12.9. The Balaban J connectivity index is 2.52. The van der Waals surface area contributed by atoms with Crippen molar-refractivity contribution in [1.82, 2.24) is 0 Å². The molecule has 24 heavy (non-hydrogen) atoms. The molecule has 0 radical (unpaired) electrons. The van der Waals surface area contributed by atoms with Crippen molar-refractivity contribution in [3.8, 4) is 0 Å². The molecule has 0 unspecified atom stereocenters. The van der Waals surface area contributed by atoms with Crippen LogP contribution in [-0.2, 0) is 10.0 Å². The highest BCUT2D eigenvalue weighted by molar-refractivity contribution is 7.92. The van der Waals surface area contributed by atoms with Gasteiger partial charge in [-0.1, -0.05) is 12.1 Å². The van der Waals surface area contributed by atoms with Crippen molar-refractivity contribution in [1.29, 1.82) is 0 Å². The van der Waals surface area contributed by atoms with E-state index in [0.29, 0.717) is 5.69 Å². The van der Waals surface area contributed by atoms with Gasteiger partial charge in [0.15, 0.2) is 0 Å². The van der Waals surface area contributed by atoms with E-state index < -0.39 is 14.9 Å². The highest BCUT2D eigenvalue weighted by atomic mass is 32.2. The lowest BCUT2D eigenvalue weighted by molar-refractivity contribution is -0.384. The van der Waals surface area contributed by atoms with E-state index in [1.807, 2.05) is 19.9 Å². The molecule has 126 valence electrons. The monoisotopic (exact) mass is 346 g/mol. The third-order valence-electron chi connectivity index (χ3n) is 3.42. The molecule has 0 amide bonds. The number of benzene rings is 2. The lowest BCUT2D eigenvalue weighted by atomic mass is 10.1. The number of sulfonamides is 1. The molecule has 0 aliphatic heterocycles. The summed E-state index contributed by atoms with van der Waals surface area (Å²) in [6.07, 6.45) is 1.50. The minimum Gasteiger partial charge on any atom is -0.263 e. The molecule has 0 N–H and O–H groups in total. The second-order valence-corrected chi connectivity index (χ2v) is 7.28. The zero-order valence-electron chi connectivity index (χ0n) is 13.5. The van der Waals surface area contributed by atoms with Gasteiger partial charge in [0.05, 0.1) is 22.1 Å². The third kappa shape index (κ3) is 3.62. The van der Waals surface area contributed by atoms with Crippen molar-refractivity contribution in [3.05, 3.63) is 76.4 Å². The summed E-state index contributed by atoms with van der Waals surface area (Å²) in [7, 11) is -3.85. The fraction of sp³-hybridized carbons (Fsp3) is 0.176. The molecule has 7 heteroatoms. The van der Waals surface area contributed by atoms with Gasteiger partial charge in [-0.2, -0.15) is 0 Å². The van der Waals surface area contributed by atoms with Crippen LogP contribution in [0.1, 0.15) is 11.1 Å². The number of non-ortho nitro benzene ring substituents is 1. The topological polar surface area (TPSA) is 80.5 Å². The van der Waals surface area contributed by atoms with Crippen LogP contribution in [0.3, 0.4) is 0 Å². The predicted octanol–water partition coefficient (Wildman–Crippen LogP) is 3.59. The molecular formula is C17H18N2O4S. The predicted molar refractivity (Wildman–Crippen MR) is 93.7 cm³/mol. The number of rotatable bonds is 6. The van der Waals surface area contributed by atoms with Crippen LogP contribution in [0.4, 0.5) is 11.4 Å². The molecule has 0 spiro atoms. The van der Waals surface area contributed by atoms with Crippen LogP contribution in [0.5, 0.6) is 0 Å². The molecule has 0 aliphatic rings. The summed E-state index contributed by atoms with van der Waals surface area (Å²) in [4.78, 5) is 10.2. The quantitative estimate of drug-likeness (QED) is 0.455. The maximum absolute atomic E-state index is 12.9. The number of nitrogens with zero attached hydrogens (tertiary/aromatic N) is 2. The molecule has 0 saturated carbocycles. The van der Waals surface area contributed by atoms with Gasteiger partial charge in [0.1, 0.15) is 0 Å². The molecule has 0 aliphatic carbocycles. The van der Waals surface area contributed by atoms with E-state index in [9.17, 15) is 18.5 Å². The minimum absolute atomic E-state index is 0.00545. The largest absolute Gasteiger partial charge is 0.269 e. The van der Waals surface area contributed by atoms with E-state index in [0.717, 1.165) is 11.1 Å². The van der Waals surface area contributed by atoms with Gasteiger partial charge in [0.2, 0.25) is 0 Å². The molecular weight excluding hydrogens is 328 g/mol. The Kier molecular flexibility index (Phi) is 5.04. The van der Waals surface area contributed by atoms with Gasteiger partial charge >= 0.3 is 0 Å². The van der Waals surface area contributed by atoms with Crippen molar-refractivity contribution in [3.63, 3.8) is 0 Å². The van der Waals surface area contributed by atoms with E-state index in [-0.39, 0.29) is 17.1 Å². The van der Waals surface area contributed by atoms with E-state index >= 15 is 0 Å². The van der Waals surface area contributed by atoms with Gasteiger partial charge in [-0.3, -0.25) is 14.4 Å². The Hall–Kier alpha value is -2.67. The average Bonchev–Trinajstić information content (AvgIpc) is 2.51. The Morgan fingerprint density at radius 3 is 2.12 bits per heavy atom. The van der Waals surface area contributed by atoms with Crippen molar-refractivity contribution >= 4 is 21.4 Å². The molecule has 2 aromatic carbocycles. The average molecular weight is 346 g/mol. The Morgan fingerprint density at radius 1 is 1.12 bits per heavy atom. The molecule has 0 saturated heterocycles. The maximum Gasteiger partial charge on any atom is 0.269 e. The minimum atomic E-state index is -3.85. The van der Waals surface area contributed by atoms with Crippen LogP contribution in [0, 0.1) is 24.0 Å². The first kappa shape index (κ1) is 17.7. The van der Waals surface area contributed by atoms with Crippen molar-refractivity contribution < 1.29 is 13.3 Å². The molecule has 6 nitrogen and oxygen atoms in total. The van der Waals surface area contributed by atoms with E-state index in [1.54, 1.807) is 12.1 Å². The number of nitro groups is 1. The van der Waals surface area contributed by atoms with Gasteiger partial charge < -0.3 is 0 Å². The summed E-state index contributed by atoms with van der Waals surface area (Å²) < 4.78 is 27.1. The van der Waals surface area contributed by atoms with Gasteiger partial charge in [-0.15, -0.1) is 6.58 Å². The van der Waals surface area contributed by atoms with Crippen LogP contribution in [-0.4, -0.2) is 19.9 Å². The van der Waals surface area contributed by atoms with Gasteiger partial charge in [-0.25, -0.2) is 8.42 Å². The van der Waals surface area contributed by atoms with E-state index in [4.69, 9.17) is 0 Å². The highest BCUT2D eigenvalue weighted by Crippen LogP contribution is 2.26. The van der Waals surface area contributed by atoms with Crippen LogP contribution >= 0.6 is 0 Å². The summed E-state index contributed by atoms with van der Waals surface area (Å²) in [5.74, 6) is 0. The third-order valence-corrected chi connectivity index (χ3v) is 5.23. The number of hydrogen-bond donors (Lipinski definition) is 0. The molecule has 0 bridgehead atoms. The van der Waals surface area contributed by atoms with Crippen LogP contribution in [0.15, 0.2) is 60.0 Å². The SMILES string of the molecule is C=CCN(c1cc(C)cc(C)c1)S(=O)(=O)c1ccc([N+](=O)[O-])cc1. The smallest absolute Gasteiger partial charge is 0.263 e. The van der Waals surface area contributed by atoms with Crippen LogP contribution < -0.4 is 4.31 Å². The van der Waals surface area contributed by atoms with Crippen molar-refractivity contribution in [2.75, 3.05) is 10.8 Å². The Bertz CT molecular complexity index is 854. The molecule has 0 atom stereocenters. The summed E-state index contributed by atoms with van der Waals surface area (Å²) >= 11 is 0. The first-order valence-electron chi connectivity index (χ1n) is 7.22. The fourth-order valence-electron chi connectivity index (χ4n) is 2.42. The lowest BCUT2D eigenvalue weighted by Gasteiger charge is -2.24. The molecule has 0 fully saturated rings. The van der Waals surface area contributed by atoms with Crippen LogP contribution in [0.25, 0.3) is 0 Å². The number of nitro benzene ring substituents is 1. The number of aryl methyl sites for hydroxylation is 2. The van der Waals surface area contributed by atoms with Crippen molar-refractivity contribution in [2.45, 2.75) is 18.7 Å². The first-order valence-corrected chi connectivity index (χ1v) is 8.66. The zero-order chi connectivity index (χ0) is 17.9.